The summed E-state index contributed by atoms with van der Waals surface area (Å²) in [6.07, 6.45) is 1.25. The van der Waals surface area contributed by atoms with E-state index in [-0.39, 0.29) is 0 Å². The molecule has 0 aromatic heterocycles. The van der Waals surface area contributed by atoms with Crippen LogP contribution in [0.2, 0.25) is 0 Å². The largest absolute Gasteiger partial charge is 0.379 e. The van der Waals surface area contributed by atoms with Crippen LogP contribution in [-0.2, 0) is 11.3 Å². The zero-order chi connectivity index (χ0) is 14.7. The predicted molar refractivity (Wildman–Crippen MR) is 89.9 cm³/mol. The first-order valence-electron chi connectivity index (χ1n) is 7.77. The van der Waals surface area contributed by atoms with Crippen molar-refractivity contribution in [2.24, 2.45) is 0 Å². The van der Waals surface area contributed by atoms with E-state index in [4.69, 9.17) is 4.74 Å². The molecule has 0 aliphatic carbocycles. The molecule has 1 unspecified atom stereocenters. The summed E-state index contributed by atoms with van der Waals surface area (Å²) in [5.41, 5.74) is 2.64. The number of nitrogens with one attached hydrogen (secondary N) is 1. The Bertz CT molecular complexity index is 477. The van der Waals surface area contributed by atoms with E-state index in [2.05, 4.69) is 49.2 Å². The third kappa shape index (κ3) is 3.59. The van der Waals surface area contributed by atoms with Crippen molar-refractivity contribution in [1.29, 1.82) is 0 Å². The number of hydrogen-bond donors (Lipinski definition) is 1. The van der Waals surface area contributed by atoms with Crippen LogP contribution in [-0.4, -0.2) is 57.4 Å². The van der Waals surface area contributed by atoms with Crippen LogP contribution in [0.1, 0.15) is 12.0 Å². The molecule has 3 rings (SSSR count). The third-order valence-corrected chi connectivity index (χ3v) is 5.09. The van der Waals surface area contributed by atoms with E-state index >= 15 is 0 Å². The van der Waals surface area contributed by atoms with Gasteiger partial charge in [0.1, 0.15) is 0 Å². The van der Waals surface area contributed by atoms with Gasteiger partial charge in [-0.15, -0.1) is 0 Å². The van der Waals surface area contributed by atoms with Gasteiger partial charge in [-0.2, -0.15) is 0 Å². The summed E-state index contributed by atoms with van der Waals surface area (Å²) in [4.78, 5) is 5.10. The van der Waals surface area contributed by atoms with Gasteiger partial charge in [0.2, 0.25) is 0 Å². The van der Waals surface area contributed by atoms with Crippen LogP contribution in [0, 0.1) is 0 Å². The Morgan fingerprint density at radius 2 is 2.10 bits per heavy atom. The maximum absolute atomic E-state index is 5.46. The lowest BCUT2D eigenvalue weighted by Crippen LogP contribution is -2.44. The fourth-order valence-electron chi connectivity index (χ4n) is 3.32. The van der Waals surface area contributed by atoms with Gasteiger partial charge in [-0.3, -0.25) is 4.90 Å². The van der Waals surface area contributed by atoms with Gasteiger partial charge in [0, 0.05) is 43.2 Å². The summed E-state index contributed by atoms with van der Waals surface area (Å²) < 4.78 is 6.66. The maximum atomic E-state index is 5.46. The van der Waals surface area contributed by atoms with Crippen molar-refractivity contribution in [2.75, 3.05) is 51.3 Å². The van der Waals surface area contributed by atoms with Gasteiger partial charge in [0.25, 0.3) is 0 Å². The average Bonchev–Trinajstić information content (AvgIpc) is 2.98. The fraction of sp³-hybridized carbons (Fsp3) is 0.625. The van der Waals surface area contributed by atoms with E-state index < -0.39 is 0 Å². The first-order chi connectivity index (χ1) is 10.3. The molecule has 1 atom stereocenters. The lowest BCUT2D eigenvalue weighted by atomic mass is 10.2. The first kappa shape index (κ1) is 15.3. The summed E-state index contributed by atoms with van der Waals surface area (Å²) in [5, 5.41) is 3.20. The van der Waals surface area contributed by atoms with Gasteiger partial charge in [-0.1, -0.05) is 6.07 Å². The second-order valence-electron chi connectivity index (χ2n) is 5.85. The number of ether oxygens (including phenoxy) is 1. The summed E-state index contributed by atoms with van der Waals surface area (Å²) in [5.74, 6) is 0. The van der Waals surface area contributed by atoms with Crippen molar-refractivity contribution in [1.82, 2.24) is 10.2 Å². The van der Waals surface area contributed by atoms with Crippen molar-refractivity contribution in [2.45, 2.75) is 19.0 Å². The minimum Gasteiger partial charge on any atom is -0.379 e. The fourth-order valence-corrected chi connectivity index (χ4v) is 4.00. The molecule has 1 aromatic rings. The Balaban J connectivity index is 1.65. The first-order valence-corrected chi connectivity index (χ1v) is 8.57. The summed E-state index contributed by atoms with van der Waals surface area (Å²) in [7, 11) is 1.98. The highest BCUT2D eigenvalue weighted by atomic mass is 79.9. The Morgan fingerprint density at radius 1 is 1.29 bits per heavy atom. The number of morpholine rings is 1. The molecule has 2 aliphatic rings. The van der Waals surface area contributed by atoms with Crippen molar-refractivity contribution in [3.8, 4) is 0 Å². The number of nitrogens with zero attached hydrogens (tertiary/aromatic N) is 2. The quantitative estimate of drug-likeness (QED) is 0.896. The molecular weight excluding hydrogens is 330 g/mol. The summed E-state index contributed by atoms with van der Waals surface area (Å²) in [6.45, 7) is 7.13. The normalized spacial score (nSPS) is 23.7. The monoisotopic (exact) mass is 353 g/mol. The molecule has 2 aliphatic heterocycles. The van der Waals surface area contributed by atoms with Crippen LogP contribution in [0.4, 0.5) is 5.69 Å². The molecular formula is C16H24BrN3O. The zero-order valence-corrected chi connectivity index (χ0v) is 14.2. The molecule has 21 heavy (non-hydrogen) atoms. The van der Waals surface area contributed by atoms with E-state index in [1.807, 2.05) is 7.05 Å². The molecule has 4 nitrogen and oxygen atoms in total. The molecule has 0 spiro atoms. The Hall–Kier alpha value is -0.620. The number of anilines is 1. The predicted octanol–water partition coefficient (Wildman–Crippen LogP) is 2.08. The van der Waals surface area contributed by atoms with Crippen molar-refractivity contribution >= 4 is 21.6 Å². The minimum absolute atomic E-state index is 0.679. The molecule has 2 fully saturated rings. The van der Waals surface area contributed by atoms with Crippen LogP contribution < -0.4 is 10.2 Å². The Morgan fingerprint density at radius 3 is 2.81 bits per heavy atom. The number of rotatable bonds is 4. The van der Waals surface area contributed by atoms with Gasteiger partial charge in [-0.05, 0) is 47.1 Å². The van der Waals surface area contributed by atoms with Crippen molar-refractivity contribution < 1.29 is 4.74 Å². The molecule has 1 aromatic carbocycles. The van der Waals surface area contributed by atoms with Crippen LogP contribution in [0.25, 0.3) is 0 Å². The van der Waals surface area contributed by atoms with E-state index in [1.165, 1.54) is 22.1 Å². The molecule has 116 valence electrons. The van der Waals surface area contributed by atoms with Crippen LogP contribution >= 0.6 is 15.9 Å². The lowest BCUT2D eigenvalue weighted by Gasteiger charge is -2.32. The molecule has 2 heterocycles. The number of hydrogen-bond acceptors (Lipinski definition) is 4. The highest BCUT2D eigenvalue weighted by Crippen LogP contribution is 2.31. The minimum atomic E-state index is 0.679. The van der Waals surface area contributed by atoms with Crippen LogP contribution in [0.5, 0.6) is 0 Å². The van der Waals surface area contributed by atoms with Crippen LogP contribution in [0.3, 0.4) is 0 Å². The number of halogens is 1. The lowest BCUT2D eigenvalue weighted by molar-refractivity contribution is 0.0209. The standard InChI is InChI=1S/C16H24BrN3O/c1-18-11-13-2-3-16(15(17)10-13)20-5-4-14(12-20)19-6-8-21-9-7-19/h2-3,10,14,18H,4-9,11-12H2,1H3. The van der Waals surface area contributed by atoms with Gasteiger partial charge < -0.3 is 15.0 Å². The zero-order valence-electron chi connectivity index (χ0n) is 12.6. The highest BCUT2D eigenvalue weighted by Gasteiger charge is 2.29. The topological polar surface area (TPSA) is 27.7 Å². The van der Waals surface area contributed by atoms with E-state index in [1.54, 1.807) is 0 Å². The molecule has 1 N–H and O–H groups in total. The van der Waals surface area contributed by atoms with Crippen molar-refractivity contribution in [3.63, 3.8) is 0 Å². The summed E-state index contributed by atoms with van der Waals surface area (Å²) >= 11 is 3.74. The second kappa shape index (κ2) is 7.09. The van der Waals surface area contributed by atoms with E-state index in [9.17, 15) is 0 Å². The average molecular weight is 354 g/mol. The smallest absolute Gasteiger partial charge is 0.0594 e. The maximum Gasteiger partial charge on any atom is 0.0594 e. The molecule has 5 heteroatoms. The second-order valence-corrected chi connectivity index (χ2v) is 6.71. The number of benzene rings is 1. The molecule has 0 radical (unpaired) electrons. The SMILES string of the molecule is CNCc1ccc(N2CCC(N3CCOCC3)C2)c(Br)c1. The van der Waals surface area contributed by atoms with Gasteiger partial charge in [-0.25, -0.2) is 0 Å². The molecule has 0 bridgehead atoms. The van der Waals surface area contributed by atoms with Crippen LogP contribution in [0.15, 0.2) is 22.7 Å². The van der Waals surface area contributed by atoms with Gasteiger partial charge >= 0.3 is 0 Å². The molecule has 2 saturated heterocycles. The highest BCUT2D eigenvalue weighted by molar-refractivity contribution is 9.10. The molecule has 0 amide bonds. The Labute approximate surface area is 135 Å². The Kier molecular flexibility index (Phi) is 5.16. The van der Waals surface area contributed by atoms with E-state index in [0.717, 1.165) is 45.9 Å². The molecule has 0 saturated carbocycles. The summed E-state index contributed by atoms with van der Waals surface area (Å²) in [6, 6.07) is 7.38. The van der Waals surface area contributed by atoms with Gasteiger partial charge in [0.05, 0.1) is 18.9 Å². The third-order valence-electron chi connectivity index (χ3n) is 4.46. The van der Waals surface area contributed by atoms with E-state index in [0.29, 0.717) is 6.04 Å². The van der Waals surface area contributed by atoms with Crippen molar-refractivity contribution in [3.05, 3.63) is 28.2 Å². The van der Waals surface area contributed by atoms with Gasteiger partial charge in [0.15, 0.2) is 0 Å².